The molecule has 1 aliphatic carbocycles. The van der Waals surface area contributed by atoms with E-state index in [0.717, 1.165) is 37.4 Å². The van der Waals surface area contributed by atoms with Gasteiger partial charge < -0.3 is 15.2 Å². The van der Waals surface area contributed by atoms with Gasteiger partial charge in [-0.15, -0.1) is 0 Å². The van der Waals surface area contributed by atoms with Crippen molar-refractivity contribution in [3.8, 4) is 11.3 Å². The number of halogens is 2. The first-order chi connectivity index (χ1) is 18.2. The van der Waals surface area contributed by atoms with E-state index >= 15 is 0 Å². The van der Waals surface area contributed by atoms with E-state index in [1.54, 1.807) is 12.3 Å². The summed E-state index contributed by atoms with van der Waals surface area (Å²) in [6.07, 6.45) is 9.43. The number of fused-ring (bicyclic) bond motifs is 1. The number of aryl methyl sites for hydroxylation is 1. The largest absolute Gasteiger partial charge is 0.326 e. The number of pyridine rings is 1. The van der Waals surface area contributed by atoms with E-state index in [0.29, 0.717) is 22.7 Å². The van der Waals surface area contributed by atoms with Gasteiger partial charge in [0.1, 0.15) is 22.9 Å². The smallest absolute Gasteiger partial charge is 0.229 e. The van der Waals surface area contributed by atoms with Crippen molar-refractivity contribution in [2.45, 2.75) is 65.0 Å². The summed E-state index contributed by atoms with van der Waals surface area (Å²) in [6.45, 7) is 8.09. The zero-order valence-corrected chi connectivity index (χ0v) is 22.4. The topological polar surface area (TPSA) is 80.5 Å². The van der Waals surface area contributed by atoms with Crippen molar-refractivity contribution in [1.29, 1.82) is 0 Å². The number of rotatable bonds is 6. The standard InChI is InChI=1S/C29H33F2N7/c1-17(2)38-18(3)35-27-22(30)13-21(14-24(27)38)26-23(31)16-34-28(37-26)36-25-7-6-20(15-33-25)12-19-8-10-29(4,32-5)11-9-19/h6-7,12-17,32H,8-11H2,1-5H3,(H,33,34,36,37). The van der Waals surface area contributed by atoms with Crippen molar-refractivity contribution >= 4 is 28.9 Å². The van der Waals surface area contributed by atoms with Crippen LogP contribution in [0.1, 0.15) is 63.9 Å². The number of hydrogen-bond acceptors (Lipinski definition) is 6. The highest BCUT2D eigenvalue weighted by molar-refractivity contribution is 5.83. The van der Waals surface area contributed by atoms with Crippen LogP contribution in [0, 0.1) is 18.6 Å². The van der Waals surface area contributed by atoms with Crippen molar-refractivity contribution in [2.75, 3.05) is 12.4 Å². The number of nitrogens with one attached hydrogen (secondary N) is 2. The fraction of sp³-hybridized carbons (Fsp3) is 0.379. The SMILES string of the molecule is CNC1(C)CCC(=Cc2ccc(Nc3ncc(F)c(-c4cc(F)c5nc(C)n(C(C)C)c5c4)n3)nc2)CC1. The van der Waals surface area contributed by atoms with E-state index in [1.165, 1.54) is 11.6 Å². The van der Waals surface area contributed by atoms with Crippen LogP contribution in [0.3, 0.4) is 0 Å². The van der Waals surface area contributed by atoms with Crippen molar-refractivity contribution in [3.63, 3.8) is 0 Å². The van der Waals surface area contributed by atoms with Crippen LogP contribution in [-0.2, 0) is 0 Å². The molecule has 0 bridgehead atoms. The third-order valence-corrected chi connectivity index (χ3v) is 7.46. The first kappa shape index (κ1) is 25.9. The number of nitrogens with zero attached hydrogens (tertiary/aromatic N) is 5. The van der Waals surface area contributed by atoms with E-state index in [9.17, 15) is 8.78 Å². The van der Waals surface area contributed by atoms with E-state index in [1.807, 2.05) is 44.5 Å². The summed E-state index contributed by atoms with van der Waals surface area (Å²) in [5.74, 6) is 0.242. The van der Waals surface area contributed by atoms with Crippen LogP contribution in [0.15, 0.2) is 42.2 Å². The molecule has 0 unspecified atom stereocenters. The van der Waals surface area contributed by atoms with Crippen LogP contribution in [0.25, 0.3) is 28.4 Å². The molecule has 1 aromatic carbocycles. The van der Waals surface area contributed by atoms with Crippen LogP contribution in [0.2, 0.25) is 0 Å². The number of imidazole rings is 1. The number of hydrogen-bond donors (Lipinski definition) is 2. The maximum absolute atomic E-state index is 15.0. The molecule has 3 aromatic heterocycles. The molecule has 3 heterocycles. The van der Waals surface area contributed by atoms with Gasteiger partial charge in [0, 0.05) is 23.3 Å². The van der Waals surface area contributed by atoms with Gasteiger partial charge in [0.25, 0.3) is 0 Å². The fourth-order valence-corrected chi connectivity index (χ4v) is 5.12. The summed E-state index contributed by atoms with van der Waals surface area (Å²) in [5, 5.41) is 6.46. The second kappa shape index (κ2) is 10.2. The molecule has 0 saturated heterocycles. The lowest BCUT2D eigenvalue weighted by molar-refractivity contribution is 0.305. The molecule has 0 radical (unpaired) electrons. The highest BCUT2D eigenvalue weighted by Gasteiger charge is 2.26. The molecular weight excluding hydrogens is 484 g/mol. The van der Waals surface area contributed by atoms with E-state index in [4.69, 9.17) is 0 Å². The summed E-state index contributed by atoms with van der Waals surface area (Å²) >= 11 is 0. The lowest BCUT2D eigenvalue weighted by Crippen LogP contribution is -2.41. The van der Waals surface area contributed by atoms with Gasteiger partial charge >= 0.3 is 0 Å². The van der Waals surface area contributed by atoms with Gasteiger partial charge in [-0.1, -0.05) is 11.6 Å². The van der Waals surface area contributed by atoms with Crippen molar-refractivity contribution in [3.05, 3.63) is 65.3 Å². The molecule has 198 valence electrons. The molecule has 9 heteroatoms. The van der Waals surface area contributed by atoms with Gasteiger partial charge in [-0.25, -0.2) is 28.7 Å². The molecule has 0 aliphatic heterocycles. The Labute approximate surface area is 221 Å². The molecule has 1 aliphatic rings. The average Bonchev–Trinajstić information content (AvgIpc) is 3.24. The summed E-state index contributed by atoms with van der Waals surface area (Å²) in [6, 6.07) is 6.88. The lowest BCUT2D eigenvalue weighted by Gasteiger charge is -2.34. The first-order valence-corrected chi connectivity index (χ1v) is 13.0. The predicted octanol–water partition coefficient (Wildman–Crippen LogP) is 6.73. The molecule has 0 amide bonds. The number of aromatic nitrogens is 5. The Hall–Kier alpha value is -3.72. The predicted molar refractivity (Wildman–Crippen MR) is 147 cm³/mol. The second-order valence-corrected chi connectivity index (χ2v) is 10.6. The highest BCUT2D eigenvalue weighted by atomic mass is 19.1. The molecule has 7 nitrogen and oxygen atoms in total. The van der Waals surface area contributed by atoms with Gasteiger partial charge in [-0.05, 0) is 90.3 Å². The van der Waals surface area contributed by atoms with Gasteiger partial charge in [0.05, 0.1) is 11.7 Å². The maximum Gasteiger partial charge on any atom is 0.229 e. The summed E-state index contributed by atoms with van der Waals surface area (Å²) in [4.78, 5) is 17.3. The zero-order chi connectivity index (χ0) is 27.0. The van der Waals surface area contributed by atoms with Gasteiger partial charge in [-0.2, -0.15) is 0 Å². The Morgan fingerprint density at radius 2 is 1.79 bits per heavy atom. The van der Waals surface area contributed by atoms with E-state index in [-0.39, 0.29) is 28.7 Å². The number of anilines is 2. The van der Waals surface area contributed by atoms with Crippen LogP contribution in [0.5, 0.6) is 0 Å². The quantitative estimate of drug-likeness (QED) is 0.295. The minimum absolute atomic E-state index is 0.00433. The minimum Gasteiger partial charge on any atom is -0.326 e. The Morgan fingerprint density at radius 3 is 2.45 bits per heavy atom. The zero-order valence-electron chi connectivity index (χ0n) is 22.4. The maximum atomic E-state index is 15.0. The molecule has 1 saturated carbocycles. The van der Waals surface area contributed by atoms with Crippen molar-refractivity contribution in [2.24, 2.45) is 0 Å². The third kappa shape index (κ3) is 5.15. The Morgan fingerprint density at radius 1 is 1.03 bits per heavy atom. The van der Waals surface area contributed by atoms with Gasteiger partial charge in [0.2, 0.25) is 5.95 Å². The average molecular weight is 518 g/mol. The second-order valence-electron chi connectivity index (χ2n) is 10.6. The third-order valence-electron chi connectivity index (χ3n) is 7.46. The van der Waals surface area contributed by atoms with Gasteiger partial charge in [0.15, 0.2) is 11.6 Å². The van der Waals surface area contributed by atoms with Crippen LogP contribution >= 0.6 is 0 Å². The molecule has 5 rings (SSSR count). The summed E-state index contributed by atoms with van der Waals surface area (Å²) in [7, 11) is 2.03. The first-order valence-electron chi connectivity index (χ1n) is 13.0. The summed E-state index contributed by atoms with van der Waals surface area (Å²) in [5.41, 5.74) is 3.84. The van der Waals surface area contributed by atoms with E-state index in [2.05, 4.69) is 43.6 Å². The fourth-order valence-electron chi connectivity index (χ4n) is 5.12. The molecule has 0 atom stereocenters. The monoisotopic (exact) mass is 517 g/mol. The van der Waals surface area contributed by atoms with Crippen LogP contribution in [-0.4, -0.2) is 37.1 Å². The molecule has 1 fully saturated rings. The van der Waals surface area contributed by atoms with E-state index < -0.39 is 11.6 Å². The number of allylic oxidation sites excluding steroid dienone is 1. The molecule has 38 heavy (non-hydrogen) atoms. The van der Waals surface area contributed by atoms with Crippen LogP contribution in [0.4, 0.5) is 20.5 Å². The minimum atomic E-state index is -0.640. The Bertz CT molecular complexity index is 1500. The molecule has 4 aromatic rings. The summed E-state index contributed by atoms with van der Waals surface area (Å²) < 4.78 is 31.7. The Balaban J connectivity index is 1.37. The normalized spacial score (nSPS) is 17.8. The molecule has 2 N–H and O–H groups in total. The number of benzene rings is 1. The van der Waals surface area contributed by atoms with Gasteiger partial charge in [-0.3, -0.25) is 0 Å². The van der Waals surface area contributed by atoms with Crippen molar-refractivity contribution in [1.82, 2.24) is 29.8 Å². The molecular formula is C29H33F2N7. The Kier molecular flexibility index (Phi) is 6.96. The van der Waals surface area contributed by atoms with Crippen LogP contribution < -0.4 is 10.6 Å². The molecule has 0 spiro atoms. The van der Waals surface area contributed by atoms with Crippen molar-refractivity contribution < 1.29 is 8.78 Å². The highest BCUT2D eigenvalue weighted by Crippen LogP contribution is 2.33. The lowest BCUT2D eigenvalue weighted by atomic mass is 9.80.